The van der Waals surface area contributed by atoms with Gasteiger partial charge >= 0.3 is 0 Å². The Hall–Kier alpha value is -1.46. The molecular formula is C39H72O13. The lowest BCUT2D eigenvalue weighted by atomic mass is 9.88. The molecule has 2 atom stereocenters. The maximum atomic E-state index is 8.59. The van der Waals surface area contributed by atoms with E-state index in [0.717, 1.165) is 11.7 Å². The van der Waals surface area contributed by atoms with Crippen LogP contribution in [0.25, 0.3) is 0 Å². The molecule has 0 bridgehead atoms. The van der Waals surface area contributed by atoms with E-state index in [1.807, 2.05) is 0 Å². The zero-order valence-electron chi connectivity index (χ0n) is 32.6. The molecule has 52 heavy (non-hydrogen) atoms. The van der Waals surface area contributed by atoms with Gasteiger partial charge in [0.25, 0.3) is 0 Å². The van der Waals surface area contributed by atoms with Gasteiger partial charge in [0, 0.05) is 0 Å². The lowest BCUT2D eigenvalue weighted by molar-refractivity contribution is -0.0280. The molecule has 0 saturated heterocycles. The molecule has 0 heterocycles. The summed E-state index contributed by atoms with van der Waals surface area (Å²) in [6, 6.07) is 8.56. The van der Waals surface area contributed by atoms with E-state index in [1.54, 1.807) is 0 Å². The van der Waals surface area contributed by atoms with Gasteiger partial charge in [0.1, 0.15) is 12.4 Å². The monoisotopic (exact) mass is 748 g/mol. The van der Waals surface area contributed by atoms with Crippen molar-refractivity contribution in [1.82, 2.24) is 0 Å². The van der Waals surface area contributed by atoms with Crippen molar-refractivity contribution in [1.29, 1.82) is 0 Å². The second-order valence-corrected chi connectivity index (χ2v) is 12.1. The molecule has 0 radical (unpaired) electrons. The summed E-state index contributed by atoms with van der Waals surface area (Å²) < 4.78 is 65.8. The molecule has 306 valence electrons. The van der Waals surface area contributed by atoms with E-state index in [9.17, 15) is 0 Å². The first kappa shape index (κ1) is 48.6. The highest BCUT2D eigenvalue weighted by molar-refractivity contribution is 5.29. The quantitative estimate of drug-likeness (QED) is 0.0939. The summed E-state index contributed by atoms with van der Waals surface area (Å²) in [5.74, 6) is 2.30. The number of ether oxygens (including phenoxy) is 12. The van der Waals surface area contributed by atoms with Gasteiger partial charge in [-0.05, 0) is 42.4 Å². The van der Waals surface area contributed by atoms with Crippen LogP contribution in [0.2, 0.25) is 0 Å². The van der Waals surface area contributed by atoms with Crippen molar-refractivity contribution >= 4 is 0 Å². The number of hydrogen-bond donors (Lipinski definition) is 1. The van der Waals surface area contributed by atoms with E-state index in [0.29, 0.717) is 158 Å². The number of rotatable bonds is 42. The minimum atomic E-state index is 0.0251. The van der Waals surface area contributed by atoms with E-state index in [4.69, 9.17) is 61.9 Å². The van der Waals surface area contributed by atoms with Crippen LogP contribution in [0, 0.1) is 5.92 Å². The molecule has 0 aliphatic heterocycles. The van der Waals surface area contributed by atoms with Crippen LogP contribution in [0.1, 0.15) is 57.9 Å². The standard InChI is InChI=1S/C39H72O13/c1-4-36(3)6-7-37(5-2)38-8-10-39(11-9-38)52-35-34-51-33-32-50-31-30-49-29-28-48-27-26-47-25-24-46-23-22-45-21-20-44-19-18-43-17-16-42-15-14-41-13-12-40/h8-11,36-37,40H,4-7,12-35H2,1-3H3. The number of aliphatic hydroxyl groups is 1. The molecule has 1 rings (SSSR count). The molecule has 13 nitrogen and oxygen atoms in total. The third-order valence-corrected chi connectivity index (χ3v) is 8.00. The van der Waals surface area contributed by atoms with Gasteiger partial charge in [0.15, 0.2) is 0 Å². The average Bonchev–Trinajstić information content (AvgIpc) is 3.17. The number of hydrogen-bond acceptors (Lipinski definition) is 13. The Morgan fingerprint density at radius 2 is 0.712 bits per heavy atom. The molecule has 1 aromatic carbocycles. The van der Waals surface area contributed by atoms with Gasteiger partial charge in [-0.15, -0.1) is 0 Å². The van der Waals surface area contributed by atoms with Crippen molar-refractivity contribution in [2.24, 2.45) is 5.92 Å². The molecule has 0 fully saturated rings. The third-order valence-electron chi connectivity index (χ3n) is 8.00. The van der Waals surface area contributed by atoms with Gasteiger partial charge in [-0.1, -0.05) is 45.7 Å². The van der Waals surface area contributed by atoms with Crippen LogP contribution in [0.4, 0.5) is 0 Å². The molecule has 2 unspecified atom stereocenters. The van der Waals surface area contributed by atoms with Crippen molar-refractivity contribution < 1.29 is 61.9 Å². The Morgan fingerprint density at radius 3 is 1.00 bits per heavy atom. The smallest absolute Gasteiger partial charge is 0.119 e. The van der Waals surface area contributed by atoms with Gasteiger partial charge in [0.05, 0.1) is 152 Å². The highest BCUT2D eigenvalue weighted by atomic mass is 16.6. The van der Waals surface area contributed by atoms with E-state index < -0.39 is 0 Å². The zero-order valence-corrected chi connectivity index (χ0v) is 32.6. The number of aliphatic hydroxyl groups excluding tert-OH is 1. The van der Waals surface area contributed by atoms with Crippen molar-refractivity contribution in [3.8, 4) is 5.75 Å². The van der Waals surface area contributed by atoms with Crippen molar-refractivity contribution in [3.05, 3.63) is 29.8 Å². The van der Waals surface area contributed by atoms with Crippen LogP contribution in [-0.4, -0.2) is 164 Å². The van der Waals surface area contributed by atoms with E-state index >= 15 is 0 Å². The molecule has 0 saturated carbocycles. The summed E-state index contributed by atoms with van der Waals surface area (Å²) >= 11 is 0. The first-order valence-electron chi connectivity index (χ1n) is 19.4. The van der Waals surface area contributed by atoms with E-state index in [2.05, 4.69) is 45.0 Å². The van der Waals surface area contributed by atoms with Gasteiger partial charge in [0.2, 0.25) is 0 Å². The predicted octanol–water partition coefficient (Wildman–Crippen LogP) is 4.56. The summed E-state index contributed by atoms with van der Waals surface area (Å²) in [7, 11) is 0. The van der Waals surface area contributed by atoms with Gasteiger partial charge < -0.3 is 61.9 Å². The largest absolute Gasteiger partial charge is 0.491 e. The van der Waals surface area contributed by atoms with Crippen molar-refractivity contribution in [2.45, 2.75) is 52.4 Å². The van der Waals surface area contributed by atoms with Crippen LogP contribution in [-0.2, 0) is 52.1 Å². The first-order valence-corrected chi connectivity index (χ1v) is 19.4. The van der Waals surface area contributed by atoms with Crippen LogP contribution in [0.3, 0.4) is 0 Å². The molecule has 13 heteroatoms. The summed E-state index contributed by atoms with van der Waals surface area (Å²) in [5, 5.41) is 8.59. The Bertz CT molecular complexity index is 833. The molecule has 0 aromatic heterocycles. The van der Waals surface area contributed by atoms with Crippen LogP contribution < -0.4 is 4.74 Å². The van der Waals surface area contributed by atoms with Crippen molar-refractivity contribution in [3.63, 3.8) is 0 Å². The first-order chi connectivity index (χ1) is 25.7. The minimum absolute atomic E-state index is 0.0251. The lowest BCUT2D eigenvalue weighted by Crippen LogP contribution is -2.15. The van der Waals surface area contributed by atoms with Crippen molar-refractivity contribution in [2.75, 3.05) is 159 Å². The molecular weight excluding hydrogens is 676 g/mol. The Morgan fingerprint density at radius 1 is 0.404 bits per heavy atom. The Labute approximate surface area is 314 Å². The average molecular weight is 749 g/mol. The maximum absolute atomic E-state index is 8.59. The normalized spacial score (nSPS) is 12.8. The molecule has 0 spiro atoms. The zero-order chi connectivity index (χ0) is 37.4. The Kier molecular flexibility index (Phi) is 36.6. The summed E-state index contributed by atoms with van der Waals surface area (Å²) in [6.07, 6.45) is 4.95. The van der Waals surface area contributed by atoms with Gasteiger partial charge in [-0.25, -0.2) is 0 Å². The van der Waals surface area contributed by atoms with Gasteiger partial charge in [-0.2, -0.15) is 0 Å². The summed E-state index contributed by atoms with van der Waals surface area (Å²) in [4.78, 5) is 0. The van der Waals surface area contributed by atoms with E-state index in [1.165, 1.54) is 31.2 Å². The van der Waals surface area contributed by atoms with Crippen LogP contribution in [0.5, 0.6) is 5.75 Å². The Balaban J connectivity index is 1.72. The van der Waals surface area contributed by atoms with E-state index in [-0.39, 0.29) is 6.61 Å². The second kappa shape index (κ2) is 39.2. The highest BCUT2D eigenvalue weighted by Crippen LogP contribution is 2.28. The highest BCUT2D eigenvalue weighted by Gasteiger charge is 2.11. The molecule has 1 aromatic rings. The third kappa shape index (κ3) is 32.0. The molecule has 1 N–H and O–H groups in total. The molecule has 0 amide bonds. The van der Waals surface area contributed by atoms with Crippen LogP contribution >= 0.6 is 0 Å². The molecule has 0 aliphatic carbocycles. The predicted molar refractivity (Wildman–Crippen MR) is 200 cm³/mol. The second-order valence-electron chi connectivity index (χ2n) is 12.1. The summed E-state index contributed by atoms with van der Waals surface area (Å²) in [6.45, 7) is 18.4. The summed E-state index contributed by atoms with van der Waals surface area (Å²) in [5.41, 5.74) is 1.40. The fourth-order valence-electron chi connectivity index (χ4n) is 4.72. The molecule has 0 aliphatic rings. The van der Waals surface area contributed by atoms with Crippen LogP contribution in [0.15, 0.2) is 24.3 Å². The fraction of sp³-hybridized carbons (Fsp3) is 0.846. The maximum Gasteiger partial charge on any atom is 0.119 e. The lowest BCUT2D eigenvalue weighted by Gasteiger charge is -2.18. The number of benzene rings is 1. The topological polar surface area (TPSA) is 131 Å². The fourth-order valence-corrected chi connectivity index (χ4v) is 4.72. The van der Waals surface area contributed by atoms with Gasteiger partial charge in [-0.3, -0.25) is 0 Å². The SMILES string of the molecule is CCC(C)CCC(CC)c1ccc(OCCOCCOCCOCCOCCOCCOCCOCCOCCOCCOCCOCCO)cc1. The minimum Gasteiger partial charge on any atom is -0.491 e.